The number of aliphatic hydroxyl groups excluding tert-OH is 1. The molecule has 0 spiro atoms. The Morgan fingerprint density at radius 1 is 1.08 bits per heavy atom. The fourth-order valence-corrected chi connectivity index (χ4v) is 3.84. The zero-order valence-corrected chi connectivity index (χ0v) is 14.4. The number of benzene rings is 1. The van der Waals surface area contributed by atoms with Crippen LogP contribution in [-0.4, -0.2) is 39.8 Å². The fourth-order valence-electron chi connectivity index (χ4n) is 3.84. The zero-order chi connectivity index (χ0) is 17.1. The van der Waals surface area contributed by atoms with Gasteiger partial charge in [-0.15, -0.1) is 0 Å². The Labute approximate surface area is 147 Å². The highest BCUT2D eigenvalue weighted by molar-refractivity contribution is 5.87. The Morgan fingerprint density at radius 3 is 2.64 bits per heavy atom. The lowest BCUT2D eigenvalue weighted by Crippen LogP contribution is -2.42. The molecule has 3 heterocycles. The first-order chi connectivity index (χ1) is 12.3. The summed E-state index contributed by atoms with van der Waals surface area (Å²) >= 11 is 0. The average Bonchev–Trinajstić information content (AvgIpc) is 3.17. The SMILES string of the molecule is OCC1(CCc2ccccc2)CCN(c2ncnc3[nH]ccc23)CC1. The lowest BCUT2D eigenvalue weighted by molar-refractivity contribution is 0.0873. The van der Waals surface area contributed by atoms with Crippen LogP contribution in [0.4, 0.5) is 5.82 Å². The highest BCUT2D eigenvalue weighted by Gasteiger charge is 2.34. The third-order valence-corrected chi connectivity index (χ3v) is 5.58. The minimum absolute atomic E-state index is 0.0244. The van der Waals surface area contributed by atoms with Gasteiger partial charge in [0.05, 0.1) is 5.39 Å². The van der Waals surface area contributed by atoms with E-state index in [1.54, 1.807) is 6.33 Å². The van der Waals surface area contributed by atoms with Crippen LogP contribution in [0.15, 0.2) is 48.9 Å². The molecule has 1 saturated heterocycles. The highest BCUT2D eigenvalue weighted by Crippen LogP contribution is 2.37. The Hall–Kier alpha value is -2.40. The largest absolute Gasteiger partial charge is 0.396 e. The molecule has 25 heavy (non-hydrogen) atoms. The van der Waals surface area contributed by atoms with E-state index < -0.39 is 0 Å². The number of anilines is 1. The molecule has 0 bridgehead atoms. The maximum Gasteiger partial charge on any atom is 0.142 e. The maximum atomic E-state index is 10.1. The zero-order valence-electron chi connectivity index (χ0n) is 14.4. The fraction of sp³-hybridized carbons (Fsp3) is 0.400. The summed E-state index contributed by atoms with van der Waals surface area (Å²) in [6, 6.07) is 12.6. The number of piperidine rings is 1. The molecule has 4 rings (SSSR count). The van der Waals surface area contributed by atoms with Crippen LogP contribution in [0.25, 0.3) is 11.0 Å². The van der Waals surface area contributed by atoms with E-state index in [-0.39, 0.29) is 12.0 Å². The molecule has 1 fully saturated rings. The van der Waals surface area contributed by atoms with Crippen molar-refractivity contribution in [3.8, 4) is 0 Å². The molecule has 0 atom stereocenters. The van der Waals surface area contributed by atoms with E-state index in [9.17, 15) is 5.11 Å². The quantitative estimate of drug-likeness (QED) is 0.751. The number of hydrogen-bond acceptors (Lipinski definition) is 4. The molecule has 0 radical (unpaired) electrons. The minimum atomic E-state index is 0.0244. The standard InChI is InChI=1S/C20H24N4O/c25-14-20(8-6-16-4-2-1-3-5-16)9-12-24(13-10-20)19-17-7-11-21-18(17)22-15-23-19/h1-5,7,11,15,25H,6,8-10,12-14H2,(H,21,22,23). The molecular formula is C20H24N4O. The van der Waals surface area contributed by atoms with Crippen molar-refractivity contribution in [3.63, 3.8) is 0 Å². The molecule has 2 aromatic heterocycles. The van der Waals surface area contributed by atoms with Gasteiger partial charge in [-0.3, -0.25) is 0 Å². The van der Waals surface area contributed by atoms with Gasteiger partial charge >= 0.3 is 0 Å². The number of aromatic amines is 1. The molecule has 1 aromatic carbocycles. The number of aromatic nitrogens is 3. The predicted molar refractivity (Wildman–Crippen MR) is 99.6 cm³/mol. The summed E-state index contributed by atoms with van der Waals surface area (Å²) in [6.07, 6.45) is 7.57. The molecule has 3 aromatic rings. The van der Waals surface area contributed by atoms with Crippen LogP contribution in [-0.2, 0) is 6.42 Å². The minimum Gasteiger partial charge on any atom is -0.396 e. The van der Waals surface area contributed by atoms with Gasteiger partial charge in [0.25, 0.3) is 0 Å². The summed E-state index contributed by atoms with van der Waals surface area (Å²) in [7, 11) is 0. The molecule has 0 unspecified atom stereocenters. The number of nitrogens with zero attached hydrogens (tertiary/aromatic N) is 3. The van der Waals surface area contributed by atoms with Crippen molar-refractivity contribution in [2.24, 2.45) is 5.41 Å². The Kier molecular flexibility index (Phi) is 4.40. The first kappa shape index (κ1) is 16.1. The van der Waals surface area contributed by atoms with Crippen LogP contribution >= 0.6 is 0 Å². The van der Waals surface area contributed by atoms with Crippen LogP contribution in [0.1, 0.15) is 24.8 Å². The van der Waals surface area contributed by atoms with Gasteiger partial charge in [-0.1, -0.05) is 30.3 Å². The van der Waals surface area contributed by atoms with Gasteiger partial charge < -0.3 is 15.0 Å². The molecule has 0 amide bonds. The van der Waals surface area contributed by atoms with Crippen LogP contribution in [0.3, 0.4) is 0 Å². The summed E-state index contributed by atoms with van der Waals surface area (Å²) < 4.78 is 0. The van der Waals surface area contributed by atoms with Crippen molar-refractivity contribution in [2.75, 3.05) is 24.6 Å². The molecule has 1 aliphatic rings. The van der Waals surface area contributed by atoms with Crippen LogP contribution < -0.4 is 4.90 Å². The van der Waals surface area contributed by atoms with E-state index >= 15 is 0 Å². The summed E-state index contributed by atoms with van der Waals surface area (Å²) in [5.74, 6) is 1.00. The molecule has 1 aliphatic heterocycles. The number of fused-ring (bicyclic) bond motifs is 1. The second-order valence-electron chi connectivity index (χ2n) is 7.07. The maximum absolute atomic E-state index is 10.1. The van der Waals surface area contributed by atoms with E-state index in [0.29, 0.717) is 0 Å². The van der Waals surface area contributed by atoms with Crippen molar-refractivity contribution >= 4 is 16.9 Å². The third kappa shape index (κ3) is 3.24. The van der Waals surface area contributed by atoms with E-state index in [4.69, 9.17) is 0 Å². The first-order valence-electron chi connectivity index (χ1n) is 8.98. The number of H-pyrrole nitrogens is 1. The molecule has 0 saturated carbocycles. The number of nitrogens with one attached hydrogen (secondary N) is 1. The summed E-state index contributed by atoms with van der Waals surface area (Å²) in [4.78, 5) is 14.2. The Morgan fingerprint density at radius 2 is 1.88 bits per heavy atom. The van der Waals surface area contributed by atoms with E-state index in [2.05, 4.69) is 44.1 Å². The highest BCUT2D eigenvalue weighted by atomic mass is 16.3. The third-order valence-electron chi connectivity index (χ3n) is 5.58. The molecule has 5 nitrogen and oxygen atoms in total. The second kappa shape index (κ2) is 6.84. The van der Waals surface area contributed by atoms with E-state index in [0.717, 1.165) is 55.6 Å². The van der Waals surface area contributed by atoms with E-state index in [1.807, 2.05) is 18.3 Å². The number of rotatable bonds is 5. The van der Waals surface area contributed by atoms with Gasteiger partial charge in [-0.25, -0.2) is 9.97 Å². The lowest BCUT2D eigenvalue weighted by atomic mass is 9.75. The van der Waals surface area contributed by atoms with Crippen LogP contribution in [0.2, 0.25) is 0 Å². The predicted octanol–water partition coefficient (Wildman–Crippen LogP) is 3.17. The van der Waals surface area contributed by atoms with Crippen molar-refractivity contribution < 1.29 is 5.11 Å². The van der Waals surface area contributed by atoms with Gasteiger partial charge in [0.1, 0.15) is 17.8 Å². The van der Waals surface area contributed by atoms with Gasteiger partial charge in [0, 0.05) is 25.9 Å². The molecule has 130 valence electrons. The normalized spacial score (nSPS) is 17.1. The monoisotopic (exact) mass is 336 g/mol. The van der Waals surface area contributed by atoms with Crippen molar-refractivity contribution in [3.05, 3.63) is 54.5 Å². The summed E-state index contributed by atoms with van der Waals surface area (Å²) in [5, 5.41) is 11.1. The molecule has 0 aliphatic carbocycles. The van der Waals surface area contributed by atoms with Crippen molar-refractivity contribution in [1.29, 1.82) is 0 Å². The lowest BCUT2D eigenvalue weighted by Gasteiger charge is -2.41. The topological polar surface area (TPSA) is 65.0 Å². The first-order valence-corrected chi connectivity index (χ1v) is 8.98. The molecular weight excluding hydrogens is 312 g/mol. The van der Waals surface area contributed by atoms with Gasteiger partial charge in [-0.05, 0) is 42.7 Å². The molecule has 5 heteroatoms. The Balaban J connectivity index is 1.45. The summed E-state index contributed by atoms with van der Waals surface area (Å²) in [6.45, 7) is 2.11. The van der Waals surface area contributed by atoms with E-state index in [1.165, 1.54) is 5.56 Å². The second-order valence-corrected chi connectivity index (χ2v) is 7.07. The summed E-state index contributed by atoms with van der Waals surface area (Å²) in [5.41, 5.74) is 2.26. The number of hydrogen-bond donors (Lipinski definition) is 2. The van der Waals surface area contributed by atoms with Crippen LogP contribution in [0, 0.1) is 5.41 Å². The molecule has 2 N–H and O–H groups in total. The smallest absolute Gasteiger partial charge is 0.142 e. The Bertz CT molecular complexity index is 822. The average molecular weight is 336 g/mol. The van der Waals surface area contributed by atoms with Gasteiger partial charge in [0.15, 0.2) is 0 Å². The van der Waals surface area contributed by atoms with Crippen molar-refractivity contribution in [2.45, 2.75) is 25.7 Å². The number of aryl methyl sites for hydroxylation is 1. The van der Waals surface area contributed by atoms with Crippen LogP contribution in [0.5, 0.6) is 0 Å². The van der Waals surface area contributed by atoms with Gasteiger partial charge in [-0.2, -0.15) is 0 Å². The number of aliphatic hydroxyl groups is 1. The van der Waals surface area contributed by atoms with Gasteiger partial charge in [0.2, 0.25) is 0 Å². The van der Waals surface area contributed by atoms with Crippen molar-refractivity contribution in [1.82, 2.24) is 15.0 Å².